The van der Waals surface area contributed by atoms with Crippen molar-refractivity contribution in [2.45, 2.75) is 32.7 Å². The fourth-order valence-corrected chi connectivity index (χ4v) is 2.69. The second-order valence-corrected chi connectivity index (χ2v) is 6.99. The van der Waals surface area contributed by atoms with Gasteiger partial charge < -0.3 is 19.3 Å². The Labute approximate surface area is 170 Å². The average Bonchev–Trinajstić information content (AvgIpc) is 3.23. The predicted molar refractivity (Wildman–Crippen MR) is 109 cm³/mol. The summed E-state index contributed by atoms with van der Waals surface area (Å²) in [5.74, 6) is 2.50. The molecule has 0 saturated carbocycles. The van der Waals surface area contributed by atoms with Crippen molar-refractivity contribution in [1.29, 1.82) is 0 Å². The summed E-state index contributed by atoms with van der Waals surface area (Å²) >= 11 is 0. The van der Waals surface area contributed by atoms with Crippen LogP contribution < -0.4 is 14.8 Å². The number of aromatic nitrogens is 2. The largest absolute Gasteiger partial charge is 0.497 e. The molecular weight excluding hydrogens is 370 g/mol. The molecule has 1 amide bonds. The highest BCUT2D eigenvalue weighted by Gasteiger charge is 2.13. The molecule has 2 aromatic carbocycles. The quantitative estimate of drug-likeness (QED) is 0.617. The van der Waals surface area contributed by atoms with Gasteiger partial charge in [-0.2, -0.15) is 4.98 Å². The fourth-order valence-electron chi connectivity index (χ4n) is 2.69. The molecule has 7 heteroatoms. The van der Waals surface area contributed by atoms with E-state index in [0.717, 1.165) is 16.9 Å². The van der Waals surface area contributed by atoms with E-state index in [1.807, 2.05) is 57.2 Å². The van der Waals surface area contributed by atoms with Crippen LogP contribution in [0.15, 0.2) is 53.1 Å². The molecule has 1 N–H and O–H groups in total. The van der Waals surface area contributed by atoms with Gasteiger partial charge in [-0.25, -0.2) is 0 Å². The first-order valence-corrected chi connectivity index (χ1v) is 9.46. The van der Waals surface area contributed by atoms with Gasteiger partial charge in [0, 0.05) is 11.5 Å². The van der Waals surface area contributed by atoms with Gasteiger partial charge in [0.2, 0.25) is 0 Å². The van der Waals surface area contributed by atoms with Crippen molar-refractivity contribution in [2.24, 2.45) is 0 Å². The molecule has 1 aromatic heterocycles. The first kappa shape index (κ1) is 20.4. The van der Waals surface area contributed by atoms with E-state index >= 15 is 0 Å². The molecular formula is C22H25N3O4. The minimum absolute atomic E-state index is 0.0715. The highest BCUT2D eigenvalue weighted by Crippen LogP contribution is 2.23. The zero-order chi connectivity index (χ0) is 20.8. The van der Waals surface area contributed by atoms with Crippen LogP contribution in [0.1, 0.15) is 44.1 Å². The lowest BCUT2D eigenvalue weighted by Gasteiger charge is -2.15. The number of hydrogen-bond acceptors (Lipinski definition) is 6. The molecule has 0 saturated heterocycles. The number of nitrogens with one attached hydrogen (secondary N) is 1. The molecule has 7 nitrogen and oxygen atoms in total. The minimum atomic E-state index is -0.198. The van der Waals surface area contributed by atoms with Crippen molar-refractivity contribution in [3.8, 4) is 23.0 Å². The van der Waals surface area contributed by atoms with Crippen molar-refractivity contribution < 1.29 is 18.8 Å². The number of methoxy groups -OCH3 is 1. The van der Waals surface area contributed by atoms with Crippen molar-refractivity contribution in [3.05, 3.63) is 59.9 Å². The summed E-state index contributed by atoms with van der Waals surface area (Å²) in [7, 11) is 1.62. The summed E-state index contributed by atoms with van der Waals surface area (Å²) < 4.78 is 16.0. The van der Waals surface area contributed by atoms with Gasteiger partial charge in [0.1, 0.15) is 11.5 Å². The second kappa shape index (κ2) is 9.23. The van der Waals surface area contributed by atoms with Gasteiger partial charge in [0.05, 0.1) is 13.2 Å². The van der Waals surface area contributed by atoms with Crippen LogP contribution in [0, 0.1) is 0 Å². The molecule has 0 aliphatic heterocycles. The molecule has 0 aliphatic rings. The lowest BCUT2D eigenvalue weighted by molar-refractivity contribution is -0.123. The molecule has 1 unspecified atom stereocenters. The second-order valence-electron chi connectivity index (χ2n) is 6.99. The highest BCUT2D eigenvalue weighted by atomic mass is 16.5. The van der Waals surface area contributed by atoms with Crippen molar-refractivity contribution in [1.82, 2.24) is 15.5 Å². The number of carbonyl (C=O) groups is 1. The van der Waals surface area contributed by atoms with Gasteiger partial charge >= 0.3 is 0 Å². The monoisotopic (exact) mass is 395 g/mol. The van der Waals surface area contributed by atoms with Crippen LogP contribution in [0.5, 0.6) is 11.5 Å². The molecule has 0 bridgehead atoms. The Bertz CT molecular complexity index is 933. The maximum Gasteiger partial charge on any atom is 0.258 e. The van der Waals surface area contributed by atoms with Crippen LogP contribution in [0.2, 0.25) is 0 Å². The predicted octanol–water partition coefficient (Wildman–Crippen LogP) is 4.12. The van der Waals surface area contributed by atoms with Crippen LogP contribution in [-0.2, 0) is 4.79 Å². The molecule has 1 atom stereocenters. The Hall–Kier alpha value is -3.35. The van der Waals surface area contributed by atoms with Crippen molar-refractivity contribution in [3.63, 3.8) is 0 Å². The lowest BCUT2D eigenvalue weighted by atomic mass is 10.1. The van der Waals surface area contributed by atoms with E-state index in [1.165, 1.54) is 0 Å². The summed E-state index contributed by atoms with van der Waals surface area (Å²) in [6.07, 6.45) is 0. The molecule has 0 radical (unpaired) electrons. The Kier molecular flexibility index (Phi) is 6.49. The van der Waals surface area contributed by atoms with E-state index in [0.29, 0.717) is 17.5 Å². The SMILES string of the molecule is COc1ccc(C(C)NC(=O)COc2ccc(-c3nc(C(C)C)no3)cc2)cc1. The van der Waals surface area contributed by atoms with Gasteiger partial charge in [-0.05, 0) is 48.9 Å². The summed E-state index contributed by atoms with van der Waals surface area (Å²) in [4.78, 5) is 16.5. The third-order valence-electron chi connectivity index (χ3n) is 4.42. The summed E-state index contributed by atoms with van der Waals surface area (Å²) in [5.41, 5.74) is 1.79. The van der Waals surface area contributed by atoms with Gasteiger partial charge in [-0.1, -0.05) is 31.1 Å². The fraction of sp³-hybridized carbons (Fsp3) is 0.318. The van der Waals surface area contributed by atoms with Crippen molar-refractivity contribution >= 4 is 5.91 Å². The van der Waals surface area contributed by atoms with Gasteiger partial charge in [-0.3, -0.25) is 4.79 Å². The van der Waals surface area contributed by atoms with Crippen molar-refractivity contribution in [2.75, 3.05) is 13.7 Å². The molecule has 3 aromatic rings. The Morgan fingerprint density at radius 3 is 2.28 bits per heavy atom. The third-order valence-corrected chi connectivity index (χ3v) is 4.42. The summed E-state index contributed by atoms with van der Waals surface area (Å²) in [6, 6.07) is 14.6. The standard InChI is InChI=1S/C22H25N3O4/c1-14(2)21-24-22(29-25-21)17-7-11-19(12-8-17)28-13-20(26)23-15(3)16-5-9-18(27-4)10-6-16/h5-12,14-15H,13H2,1-4H3,(H,23,26). The average molecular weight is 395 g/mol. The minimum Gasteiger partial charge on any atom is -0.497 e. The van der Waals surface area contributed by atoms with Crippen LogP contribution in [0.4, 0.5) is 0 Å². The molecule has 3 rings (SSSR count). The maximum atomic E-state index is 12.2. The van der Waals surface area contributed by atoms with E-state index in [4.69, 9.17) is 14.0 Å². The van der Waals surface area contributed by atoms with Gasteiger partial charge in [-0.15, -0.1) is 0 Å². The lowest BCUT2D eigenvalue weighted by Crippen LogP contribution is -2.31. The molecule has 29 heavy (non-hydrogen) atoms. The maximum absolute atomic E-state index is 12.2. The highest BCUT2D eigenvalue weighted by molar-refractivity contribution is 5.78. The van der Waals surface area contributed by atoms with E-state index in [1.54, 1.807) is 19.2 Å². The first-order valence-electron chi connectivity index (χ1n) is 9.46. The third kappa shape index (κ3) is 5.34. The molecule has 152 valence electrons. The first-order chi connectivity index (χ1) is 14.0. The van der Waals surface area contributed by atoms with Crippen LogP contribution >= 0.6 is 0 Å². The van der Waals surface area contributed by atoms with Crippen LogP contribution in [0.3, 0.4) is 0 Å². The van der Waals surface area contributed by atoms with E-state index in [2.05, 4.69) is 15.5 Å². The summed E-state index contributed by atoms with van der Waals surface area (Å²) in [5, 5.41) is 6.88. The topological polar surface area (TPSA) is 86.5 Å². The Morgan fingerprint density at radius 2 is 1.69 bits per heavy atom. The number of rotatable bonds is 8. The summed E-state index contributed by atoms with van der Waals surface area (Å²) in [6.45, 7) is 5.86. The number of nitrogens with zero attached hydrogens (tertiary/aromatic N) is 2. The van der Waals surface area contributed by atoms with Gasteiger partial charge in [0.25, 0.3) is 11.8 Å². The molecule has 0 fully saturated rings. The number of amides is 1. The normalized spacial score (nSPS) is 11.9. The number of hydrogen-bond donors (Lipinski definition) is 1. The number of ether oxygens (including phenoxy) is 2. The molecule has 0 aliphatic carbocycles. The van der Waals surface area contributed by atoms with E-state index < -0.39 is 0 Å². The van der Waals surface area contributed by atoms with Crippen LogP contribution in [0.25, 0.3) is 11.5 Å². The molecule has 1 heterocycles. The zero-order valence-corrected chi connectivity index (χ0v) is 17.0. The van der Waals surface area contributed by atoms with E-state index in [9.17, 15) is 4.79 Å². The van der Waals surface area contributed by atoms with Crippen LogP contribution in [-0.4, -0.2) is 29.8 Å². The van der Waals surface area contributed by atoms with E-state index in [-0.39, 0.29) is 24.5 Å². The Balaban J connectivity index is 1.51. The number of benzene rings is 2. The number of carbonyl (C=O) groups excluding carboxylic acids is 1. The Morgan fingerprint density at radius 1 is 1.03 bits per heavy atom. The molecule has 0 spiro atoms. The van der Waals surface area contributed by atoms with Gasteiger partial charge in [0.15, 0.2) is 12.4 Å². The smallest absolute Gasteiger partial charge is 0.258 e. The zero-order valence-electron chi connectivity index (χ0n) is 17.0.